The van der Waals surface area contributed by atoms with E-state index in [9.17, 15) is 0 Å². The van der Waals surface area contributed by atoms with Crippen molar-refractivity contribution in [3.8, 4) is 0 Å². The van der Waals surface area contributed by atoms with Crippen molar-refractivity contribution in [1.29, 1.82) is 0 Å². The van der Waals surface area contributed by atoms with E-state index in [1.807, 2.05) is 31.2 Å². The molecule has 0 aliphatic carbocycles. The molecule has 1 aromatic carbocycles. The molecule has 2 nitrogen and oxygen atoms in total. The molecule has 88 valence electrons. The summed E-state index contributed by atoms with van der Waals surface area (Å²) in [6.45, 7) is 1.97. The van der Waals surface area contributed by atoms with Gasteiger partial charge in [0, 0.05) is 17.1 Å². The predicted molar refractivity (Wildman–Crippen MR) is 76.1 cm³/mol. The van der Waals surface area contributed by atoms with Crippen molar-refractivity contribution < 1.29 is 0 Å². The van der Waals surface area contributed by atoms with Crippen LogP contribution in [0, 0.1) is 11.6 Å². The predicted octanol–water partition coefficient (Wildman–Crippen LogP) is 4.45. The van der Waals surface area contributed by atoms with Gasteiger partial charge in [0.1, 0.15) is 10.5 Å². The van der Waals surface area contributed by atoms with Gasteiger partial charge in [-0.1, -0.05) is 36.0 Å². The number of rotatable bonds is 2. The van der Waals surface area contributed by atoms with Crippen LogP contribution in [0.1, 0.15) is 17.1 Å². The molecule has 2 rings (SSSR count). The quantitative estimate of drug-likeness (QED) is 0.824. The summed E-state index contributed by atoms with van der Waals surface area (Å²) >= 11 is 14.4. The van der Waals surface area contributed by atoms with Gasteiger partial charge in [-0.3, -0.25) is 0 Å². The molecule has 0 saturated carbocycles. The Balaban J connectivity index is 2.30. The van der Waals surface area contributed by atoms with Gasteiger partial charge in [-0.2, -0.15) is 0 Å². The monoisotopic (exact) mass is 328 g/mol. The van der Waals surface area contributed by atoms with Gasteiger partial charge in [0.15, 0.2) is 0 Å². The highest BCUT2D eigenvalue weighted by atomic mass is 79.9. The summed E-state index contributed by atoms with van der Waals surface area (Å²) in [6.07, 6.45) is 0.717. The Kier molecular flexibility index (Phi) is 3.97. The highest BCUT2D eigenvalue weighted by Crippen LogP contribution is 2.16. The molecule has 0 amide bonds. The smallest absolute Gasteiger partial charge is 0.144 e. The topological polar surface area (TPSA) is 28.7 Å². The molecule has 1 heterocycles. The SMILES string of the molecule is Cc1[nH]c(Cc2ccc(Cl)cc2)nc(=S)c1Br. The maximum absolute atomic E-state index is 5.84. The van der Waals surface area contributed by atoms with E-state index in [-0.39, 0.29) is 0 Å². The van der Waals surface area contributed by atoms with Gasteiger partial charge in [-0.25, -0.2) is 4.98 Å². The van der Waals surface area contributed by atoms with Crippen LogP contribution < -0.4 is 0 Å². The zero-order chi connectivity index (χ0) is 12.4. The van der Waals surface area contributed by atoms with Crippen LogP contribution in [0.5, 0.6) is 0 Å². The summed E-state index contributed by atoms with van der Waals surface area (Å²) < 4.78 is 1.44. The molecule has 0 aliphatic heterocycles. The van der Waals surface area contributed by atoms with Crippen LogP contribution >= 0.6 is 39.7 Å². The number of halogens is 2. The van der Waals surface area contributed by atoms with Gasteiger partial charge in [0.2, 0.25) is 0 Å². The fourth-order valence-electron chi connectivity index (χ4n) is 1.51. The summed E-state index contributed by atoms with van der Waals surface area (Å²) in [4.78, 5) is 7.55. The molecule has 0 atom stereocenters. The third-order valence-electron chi connectivity index (χ3n) is 2.37. The summed E-state index contributed by atoms with van der Waals surface area (Å²) in [5.41, 5.74) is 2.14. The summed E-state index contributed by atoms with van der Waals surface area (Å²) in [5.74, 6) is 0.859. The Labute approximate surface area is 118 Å². The molecule has 0 fully saturated rings. The van der Waals surface area contributed by atoms with E-state index in [0.717, 1.165) is 33.0 Å². The van der Waals surface area contributed by atoms with Crippen molar-refractivity contribution in [3.63, 3.8) is 0 Å². The van der Waals surface area contributed by atoms with Crippen LogP contribution in [-0.2, 0) is 6.42 Å². The molecule has 0 saturated heterocycles. The maximum atomic E-state index is 5.84. The highest BCUT2D eigenvalue weighted by molar-refractivity contribution is 9.10. The molecular formula is C12H10BrClN2S. The Morgan fingerprint density at radius 1 is 1.35 bits per heavy atom. The van der Waals surface area contributed by atoms with Gasteiger partial charge < -0.3 is 4.98 Å². The molecule has 0 aliphatic rings. The lowest BCUT2D eigenvalue weighted by Gasteiger charge is -2.05. The summed E-state index contributed by atoms with van der Waals surface area (Å²) in [6, 6.07) is 7.71. The van der Waals surface area contributed by atoms with Crippen molar-refractivity contribution in [2.24, 2.45) is 0 Å². The van der Waals surface area contributed by atoms with E-state index in [1.165, 1.54) is 0 Å². The number of aromatic nitrogens is 2. The highest BCUT2D eigenvalue weighted by Gasteiger charge is 2.03. The van der Waals surface area contributed by atoms with E-state index in [0.29, 0.717) is 4.64 Å². The first-order valence-electron chi connectivity index (χ1n) is 5.06. The van der Waals surface area contributed by atoms with Crippen LogP contribution in [0.2, 0.25) is 5.02 Å². The van der Waals surface area contributed by atoms with Gasteiger partial charge in [0.25, 0.3) is 0 Å². The van der Waals surface area contributed by atoms with Gasteiger partial charge >= 0.3 is 0 Å². The first kappa shape index (κ1) is 12.7. The van der Waals surface area contributed by atoms with E-state index < -0.39 is 0 Å². The molecule has 0 radical (unpaired) electrons. The average molecular weight is 330 g/mol. The molecule has 0 spiro atoms. The lowest BCUT2D eigenvalue weighted by Crippen LogP contribution is -1.99. The van der Waals surface area contributed by atoms with Gasteiger partial charge in [-0.05, 0) is 40.5 Å². The normalized spacial score (nSPS) is 10.5. The molecule has 5 heteroatoms. The number of hydrogen-bond acceptors (Lipinski definition) is 2. The first-order chi connectivity index (χ1) is 8.06. The molecular weight excluding hydrogens is 320 g/mol. The van der Waals surface area contributed by atoms with E-state index in [1.54, 1.807) is 0 Å². The van der Waals surface area contributed by atoms with Crippen molar-refractivity contribution in [3.05, 3.63) is 55.5 Å². The number of aromatic amines is 1. The minimum Gasteiger partial charge on any atom is -0.346 e. The number of aryl methyl sites for hydroxylation is 1. The fourth-order valence-corrected chi connectivity index (χ4v) is 2.09. The number of benzene rings is 1. The Hall–Kier alpha value is -0.710. The Morgan fingerprint density at radius 2 is 2.00 bits per heavy atom. The zero-order valence-electron chi connectivity index (χ0n) is 9.13. The average Bonchev–Trinajstić information content (AvgIpc) is 2.29. The lowest BCUT2D eigenvalue weighted by molar-refractivity contribution is 0.926. The number of H-pyrrole nitrogens is 1. The van der Waals surface area contributed by atoms with Crippen molar-refractivity contribution in [2.75, 3.05) is 0 Å². The molecule has 2 aromatic rings. The second kappa shape index (κ2) is 5.29. The lowest BCUT2D eigenvalue weighted by atomic mass is 10.1. The maximum Gasteiger partial charge on any atom is 0.144 e. The second-order valence-electron chi connectivity index (χ2n) is 3.73. The van der Waals surface area contributed by atoms with Gasteiger partial charge in [-0.15, -0.1) is 0 Å². The second-order valence-corrected chi connectivity index (χ2v) is 5.35. The minimum absolute atomic E-state index is 0.588. The van der Waals surface area contributed by atoms with Crippen LogP contribution in [0.15, 0.2) is 28.7 Å². The van der Waals surface area contributed by atoms with Crippen LogP contribution in [-0.4, -0.2) is 9.97 Å². The number of nitrogens with one attached hydrogen (secondary N) is 1. The number of nitrogens with zero attached hydrogens (tertiary/aromatic N) is 1. The molecule has 0 bridgehead atoms. The standard InChI is InChI=1S/C12H10BrClN2S/c1-7-11(13)12(17)16-10(15-7)6-8-2-4-9(14)5-3-8/h2-5H,6H2,1H3,(H,15,16,17). The number of hydrogen-bond donors (Lipinski definition) is 1. The Morgan fingerprint density at radius 3 is 2.59 bits per heavy atom. The van der Waals surface area contributed by atoms with Crippen LogP contribution in [0.4, 0.5) is 0 Å². The fraction of sp³-hybridized carbons (Fsp3) is 0.167. The first-order valence-corrected chi connectivity index (χ1v) is 6.64. The third kappa shape index (κ3) is 3.15. The van der Waals surface area contributed by atoms with Gasteiger partial charge in [0.05, 0.1) is 4.47 Å². The van der Waals surface area contributed by atoms with E-state index in [2.05, 4.69) is 25.9 Å². The zero-order valence-corrected chi connectivity index (χ0v) is 12.3. The van der Waals surface area contributed by atoms with Crippen molar-refractivity contribution in [1.82, 2.24) is 9.97 Å². The van der Waals surface area contributed by atoms with E-state index >= 15 is 0 Å². The molecule has 1 aromatic heterocycles. The minimum atomic E-state index is 0.588. The van der Waals surface area contributed by atoms with E-state index in [4.69, 9.17) is 23.8 Å². The molecule has 0 unspecified atom stereocenters. The molecule has 1 N–H and O–H groups in total. The van der Waals surface area contributed by atoms with Crippen molar-refractivity contribution >= 4 is 39.7 Å². The van der Waals surface area contributed by atoms with Crippen molar-refractivity contribution in [2.45, 2.75) is 13.3 Å². The summed E-state index contributed by atoms with van der Waals surface area (Å²) in [7, 11) is 0. The Bertz CT molecular complexity index is 592. The van der Waals surface area contributed by atoms with Crippen LogP contribution in [0.3, 0.4) is 0 Å². The third-order valence-corrected chi connectivity index (χ3v) is 4.15. The van der Waals surface area contributed by atoms with Crippen LogP contribution in [0.25, 0.3) is 0 Å². The summed E-state index contributed by atoms with van der Waals surface area (Å²) in [5, 5.41) is 0.738. The largest absolute Gasteiger partial charge is 0.346 e. The molecule has 17 heavy (non-hydrogen) atoms.